The maximum Gasteiger partial charge on any atom is 0.241 e. The number of imide groups is 2. The minimum Gasteiger partial charge on any atom is -0.504 e. The van der Waals surface area contributed by atoms with Crippen LogP contribution in [0.1, 0.15) is 43.7 Å². The van der Waals surface area contributed by atoms with Gasteiger partial charge in [0.1, 0.15) is 0 Å². The molecule has 1 N–H and O–H groups in total. The summed E-state index contributed by atoms with van der Waals surface area (Å²) in [5.74, 6) is -3.86. The first-order valence-corrected chi connectivity index (χ1v) is 15.2. The molecule has 0 aromatic heterocycles. The molecule has 8 heteroatoms. The maximum atomic E-state index is 14.4. The van der Waals surface area contributed by atoms with E-state index in [1.807, 2.05) is 56.3 Å². The molecule has 0 radical (unpaired) electrons. The first-order valence-electron chi connectivity index (χ1n) is 15.2. The molecule has 6 unspecified atom stereocenters. The van der Waals surface area contributed by atoms with Gasteiger partial charge in [0.2, 0.25) is 23.6 Å². The fraction of sp³-hybridized carbons (Fsp3) is 0.333. The second-order valence-corrected chi connectivity index (χ2v) is 12.5. The summed E-state index contributed by atoms with van der Waals surface area (Å²) in [5.41, 5.74) is 2.51. The lowest BCUT2D eigenvalue weighted by atomic mass is 9.51. The number of amides is 4. The molecule has 0 bridgehead atoms. The van der Waals surface area contributed by atoms with Crippen molar-refractivity contribution in [1.82, 2.24) is 0 Å². The van der Waals surface area contributed by atoms with E-state index >= 15 is 0 Å². The number of fused-ring (bicyclic) bond motifs is 4. The van der Waals surface area contributed by atoms with Crippen molar-refractivity contribution in [2.24, 2.45) is 29.1 Å². The zero-order valence-electron chi connectivity index (χ0n) is 24.9. The molecule has 2 aliphatic carbocycles. The Hall–Kier alpha value is -4.72. The third-order valence-corrected chi connectivity index (χ3v) is 10.4. The van der Waals surface area contributed by atoms with Gasteiger partial charge in [-0.15, -0.1) is 0 Å². The number of aryl methyl sites for hydroxylation is 1. The number of phenolic OH excluding ortho intramolecular Hbond substituents is 1. The Labute approximate surface area is 255 Å². The highest BCUT2D eigenvalue weighted by Gasteiger charge is 2.67. The number of ether oxygens (including phenoxy) is 1. The van der Waals surface area contributed by atoms with Crippen LogP contribution in [0.25, 0.3) is 0 Å². The molecule has 44 heavy (non-hydrogen) atoms. The summed E-state index contributed by atoms with van der Waals surface area (Å²) in [6.45, 7) is 3.88. The summed E-state index contributed by atoms with van der Waals surface area (Å²) in [6.07, 6.45) is 3.49. The van der Waals surface area contributed by atoms with Crippen LogP contribution in [0.15, 0.2) is 84.4 Å². The number of carbonyl (C=O) groups is 4. The molecule has 4 aliphatic rings. The first-order chi connectivity index (χ1) is 21.2. The number of aromatic hydroxyl groups is 1. The van der Waals surface area contributed by atoms with Gasteiger partial charge in [0.15, 0.2) is 11.5 Å². The van der Waals surface area contributed by atoms with E-state index in [0.717, 1.165) is 17.6 Å². The number of anilines is 2. The number of para-hydroxylation sites is 1. The molecule has 3 aromatic carbocycles. The minimum absolute atomic E-state index is 0.0768. The van der Waals surface area contributed by atoms with Gasteiger partial charge in [-0.1, -0.05) is 55.0 Å². The summed E-state index contributed by atoms with van der Waals surface area (Å²) < 4.78 is 5.29. The average Bonchev–Trinajstić information content (AvgIpc) is 3.40. The minimum atomic E-state index is -1.18. The van der Waals surface area contributed by atoms with Crippen molar-refractivity contribution in [3.63, 3.8) is 0 Å². The van der Waals surface area contributed by atoms with Crippen molar-refractivity contribution in [3.8, 4) is 11.5 Å². The molecule has 6 atom stereocenters. The van der Waals surface area contributed by atoms with Crippen molar-refractivity contribution in [1.29, 1.82) is 0 Å². The van der Waals surface area contributed by atoms with E-state index in [1.165, 1.54) is 16.9 Å². The van der Waals surface area contributed by atoms with Crippen LogP contribution in [0.2, 0.25) is 0 Å². The molecule has 7 rings (SSSR count). The normalized spacial score (nSPS) is 29.3. The van der Waals surface area contributed by atoms with Gasteiger partial charge in [-0.3, -0.25) is 24.1 Å². The predicted molar refractivity (Wildman–Crippen MR) is 164 cm³/mol. The lowest BCUT2D eigenvalue weighted by Gasteiger charge is -2.49. The standard InChI is InChI=1S/C36H34N2O6/c1-4-20-10-13-23(14-11-20)37-32(40)25-16-15-24-26(30(25)34(37)42)19-27-33(41)38(22-8-6-5-7-9-22)35(43)36(27,2)31(24)21-12-17-29(44-3)28(39)18-21/h5-15,17-18,25-27,30-31,39H,4,16,19H2,1-3H3. The van der Waals surface area contributed by atoms with Crippen molar-refractivity contribution in [2.75, 3.05) is 16.9 Å². The quantitative estimate of drug-likeness (QED) is 0.315. The first kappa shape index (κ1) is 28.1. The Balaban J connectivity index is 1.35. The molecule has 2 saturated heterocycles. The molecule has 3 fully saturated rings. The molecule has 1 saturated carbocycles. The van der Waals surface area contributed by atoms with Gasteiger partial charge in [-0.2, -0.15) is 0 Å². The SMILES string of the molecule is CCc1ccc(N2C(=O)C3CC=C4C(CC5C(=O)N(c6ccccc6)C(=O)C5(C)C4c4ccc(OC)c(O)c4)C3C2=O)cc1. The number of benzene rings is 3. The Bertz CT molecular complexity index is 1730. The van der Waals surface area contributed by atoms with Gasteiger partial charge in [0.25, 0.3) is 0 Å². The van der Waals surface area contributed by atoms with E-state index in [-0.39, 0.29) is 35.8 Å². The largest absolute Gasteiger partial charge is 0.504 e. The van der Waals surface area contributed by atoms with Crippen LogP contribution in [0, 0.1) is 29.1 Å². The van der Waals surface area contributed by atoms with E-state index in [2.05, 4.69) is 0 Å². The van der Waals surface area contributed by atoms with E-state index in [0.29, 0.717) is 29.1 Å². The second kappa shape index (κ2) is 10.2. The monoisotopic (exact) mass is 590 g/mol. The molecular weight excluding hydrogens is 556 g/mol. The molecular formula is C36H34N2O6. The molecule has 4 amide bonds. The molecule has 224 valence electrons. The van der Waals surface area contributed by atoms with Crippen LogP contribution >= 0.6 is 0 Å². The van der Waals surface area contributed by atoms with Gasteiger partial charge < -0.3 is 9.84 Å². The maximum absolute atomic E-state index is 14.4. The van der Waals surface area contributed by atoms with Gasteiger partial charge in [-0.25, -0.2) is 4.90 Å². The van der Waals surface area contributed by atoms with Crippen LogP contribution in [-0.4, -0.2) is 35.8 Å². The zero-order chi connectivity index (χ0) is 30.9. The summed E-state index contributed by atoms with van der Waals surface area (Å²) in [5, 5.41) is 10.8. The number of hydrogen-bond donors (Lipinski definition) is 1. The number of carbonyl (C=O) groups excluding carboxylic acids is 4. The number of hydrogen-bond acceptors (Lipinski definition) is 6. The molecule has 8 nitrogen and oxygen atoms in total. The number of phenols is 1. The van der Waals surface area contributed by atoms with Gasteiger partial charge in [0.05, 0.1) is 41.7 Å². The Kier molecular flexibility index (Phi) is 6.50. The summed E-state index contributed by atoms with van der Waals surface area (Å²) in [6, 6.07) is 21.4. The second-order valence-electron chi connectivity index (χ2n) is 12.5. The number of allylic oxidation sites excluding steroid dienone is 2. The smallest absolute Gasteiger partial charge is 0.241 e. The fourth-order valence-corrected chi connectivity index (χ4v) is 8.24. The van der Waals surface area contributed by atoms with Crippen molar-refractivity contribution < 1.29 is 29.0 Å². The third kappa shape index (κ3) is 3.82. The Morgan fingerprint density at radius 1 is 0.864 bits per heavy atom. The van der Waals surface area contributed by atoms with E-state index in [4.69, 9.17) is 4.74 Å². The van der Waals surface area contributed by atoms with Gasteiger partial charge in [0, 0.05) is 5.92 Å². The lowest BCUT2D eigenvalue weighted by Crippen LogP contribution is -2.48. The van der Waals surface area contributed by atoms with Crippen molar-refractivity contribution in [3.05, 3.63) is 95.6 Å². The fourth-order valence-electron chi connectivity index (χ4n) is 8.24. The molecule has 3 aromatic rings. The molecule has 2 aliphatic heterocycles. The highest BCUT2D eigenvalue weighted by molar-refractivity contribution is 6.25. The lowest BCUT2D eigenvalue weighted by molar-refractivity contribution is -0.131. The van der Waals surface area contributed by atoms with Gasteiger partial charge >= 0.3 is 0 Å². The summed E-state index contributed by atoms with van der Waals surface area (Å²) >= 11 is 0. The van der Waals surface area contributed by atoms with E-state index in [1.54, 1.807) is 36.4 Å². The van der Waals surface area contributed by atoms with Crippen LogP contribution in [0.3, 0.4) is 0 Å². The van der Waals surface area contributed by atoms with Crippen LogP contribution in [0.4, 0.5) is 11.4 Å². The number of rotatable bonds is 5. The van der Waals surface area contributed by atoms with Crippen LogP contribution < -0.4 is 14.5 Å². The van der Waals surface area contributed by atoms with Crippen molar-refractivity contribution in [2.45, 2.75) is 39.0 Å². The summed E-state index contributed by atoms with van der Waals surface area (Å²) in [4.78, 5) is 59.2. The molecule has 2 heterocycles. The molecule has 0 spiro atoms. The van der Waals surface area contributed by atoms with Crippen LogP contribution in [0.5, 0.6) is 11.5 Å². The van der Waals surface area contributed by atoms with E-state index in [9.17, 15) is 24.3 Å². The Morgan fingerprint density at radius 3 is 2.23 bits per heavy atom. The zero-order valence-corrected chi connectivity index (χ0v) is 24.9. The average molecular weight is 591 g/mol. The number of methoxy groups -OCH3 is 1. The number of nitrogens with zero attached hydrogens (tertiary/aromatic N) is 2. The highest BCUT2D eigenvalue weighted by Crippen LogP contribution is 2.64. The third-order valence-electron chi connectivity index (χ3n) is 10.4. The Morgan fingerprint density at radius 2 is 1.57 bits per heavy atom. The van der Waals surface area contributed by atoms with Crippen molar-refractivity contribution >= 4 is 35.0 Å². The van der Waals surface area contributed by atoms with E-state index < -0.39 is 35.0 Å². The highest BCUT2D eigenvalue weighted by atomic mass is 16.5. The predicted octanol–water partition coefficient (Wildman–Crippen LogP) is 5.40. The van der Waals surface area contributed by atoms with Gasteiger partial charge in [-0.05, 0) is 79.6 Å². The summed E-state index contributed by atoms with van der Waals surface area (Å²) in [7, 11) is 1.47. The van der Waals surface area contributed by atoms with Crippen LogP contribution in [-0.2, 0) is 25.6 Å². The topological polar surface area (TPSA) is 104 Å².